The summed E-state index contributed by atoms with van der Waals surface area (Å²) < 4.78 is 0. The summed E-state index contributed by atoms with van der Waals surface area (Å²) in [7, 11) is 0. The summed E-state index contributed by atoms with van der Waals surface area (Å²) in [6.07, 6.45) is 2.31. The van der Waals surface area contributed by atoms with Crippen molar-refractivity contribution < 1.29 is 4.79 Å². The third-order valence-corrected chi connectivity index (χ3v) is 3.07. The van der Waals surface area contributed by atoms with Crippen molar-refractivity contribution in [2.45, 2.75) is 19.8 Å². The van der Waals surface area contributed by atoms with Gasteiger partial charge in [0.05, 0.1) is 0 Å². The minimum absolute atomic E-state index is 0.397. The fraction of sp³-hybridized carbons (Fsp3) is 0.889. The Kier molecular flexibility index (Phi) is 1.72. The van der Waals surface area contributed by atoms with E-state index in [9.17, 15) is 4.79 Å². The molecule has 0 N–H and O–H groups in total. The van der Waals surface area contributed by atoms with Gasteiger partial charge in [0, 0.05) is 24.9 Å². The van der Waals surface area contributed by atoms with Crippen LogP contribution in [0.3, 0.4) is 0 Å². The first-order chi connectivity index (χ1) is 5.31. The van der Waals surface area contributed by atoms with E-state index in [0.717, 1.165) is 32.5 Å². The van der Waals surface area contributed by atoms with Crippen molar-refractivity contribution in [3.05, 3.63) is 0 Å². The summed E-state index contributed by atoms with van der Waals surface area (Å²) in [6, 6.07) is 0. The lowest BCUT2D eigenvalue weighted by atomic mass is 9.97. The lowest BCUT2D eigenvalue weighted by Gasteiger charge is -2.29. The van der Waals surface area contributed by atoms with Crippen LogP contribution in [0.15, 0.2) is 0 Å². The average molecular weight is 153 g/mol. The SMILES string of the molecule is CCN1CC2CCC(C1)C2=O. The van der Waals surface area contributed by atoms with Gasteiger partial charge in [-0.2, -0.15) is 0 Å². The third-order valence-electron chi connectivity index (χ3n) is 3.07. The van der Waals surface area contributed by atoms with Crippen LogP contribution < -0.4 is 0 Å². The summed E-state index contributed by atoms with van der Waals surface area (Å²) in [4.78, 5) is 13.8. The number of Topliss-reactive ketones (excluding diaryl/α,β-unsaturated/α-hetero) is 1. The molecular formula is C9H15NO. The molecule has 2 atom stereocenters. The molecule has 0 spiro atoms. The molecular weight excluding hydrogens is 138 g/mol. The zero-order valence-electron chi connectivity index (χ0n) is 7.05. The molecule has 1 aliphatic carbocycles. The number of nitrogens with zero attached hydrogens (tertiary/aromatic N) is 1. The molecule has 1 saturated heterocycles. The van der Waals surface area contributed by atoms with Crippen LogP contribution in [0.4, 0.5) is 0 Å². The largest absolute Gasteiger partial charge is 0.302 e. The van der Waals surface area contributed by atoms with E-state index in [1.54, 1.807) is 0 Å². The zero-order valence-corrected chi connectivity index (χ0v) is 7.05. The van der Waals surface area contributed by atoms with Crippen LogP contribution in [0.25, 0.3) is 0 Å². The number of piperidine rings is 1. The van der Waals surface area contributed by atoms with Crippen molar-refractivity contribution in [3.8, 4) is 0 Å². The van der Waals surface area contributed by atoms with Crippen LogP contribution in [0.5, 0.6) is 0 Å². The summed E-state index contributed by atoms with van der Waals surface area (Å²) in [6.45, 7) is 5.35. The third kappa shape index (κ3) is 1.09. The molecule has 62 valence electrons. The fourth-order valence-electron chi connectivity index (χ4n) is 2.34. The second kappa shape index (κ2) is 2.59. The highest BCUT2D eigenvalue weighted by Gasteiger charge is 2.39. The number of hydrogen-bond acceptors (Lipinski definition) is 2. The second-order valence-corrected chi connectivity index (χ2v) is 3.73. The standard InChI is InChI=1S/C9H15NO/c1-2-10-5-7-3-4-8(6-10)9(7)11/h7-8H,2-6H2,1H3. The lowest BCUT2D eigenvalue weighted by molar-refractivity contribution is -0.127. The van der Waals surface area contributed by atoms with Gasteiger partial charge in [0.25, 0.3) is 0 Å². The number of rotatable bonds is 1. The van der Waals surface area contributed by atoms with Gasteiger partial charge in [-0.3, -0.25) is 4.79 Å². The van der Waals surface area contributed by atoms with E-state index in [2.05, 4.69) is 11.8 Å². The molecule has 11 heavy (non-hydrogen) atoms. The van der Waals surface area contributed by atoms with Crippen LogP contribution >= 0.6 is 0 Å². The summed E-state index contributed by atoms with van der Waals surface area (Å²) in [5.41, 5.74) is 0. The van der Waals surface area contributed by atoms with E-state index in [1.165, 1.54) is 0 Å². The number of ketones is 1. The van der Waals surface area contributed by atoms with Crippen LogP contribution in [0.1, 0.15) is 19.8 Å². The Bertz CT molecular complexity index is 162. The first kappa shape index (κ1) is 7.29. The molecule has 2 rings (SSSR count). The molecule has 0 aromatic rings. The quantitative estimate of drug-likeness (QED) is 0.558. The van der Waals surface area contributed by atoms with E-state index in [1.807, 2.05) is 0 Å². The Morgan fingerprint density at radius 1 is 1.36 bits per heavy atom. The molecule has 1 heterocycles. The van der Waals surface area contributed by atoms with Crippen molar-refractivity contribution in [2.24, 2.45) is 11.8 Å². The molecule has 0 amide bonds. The number of carbonyl (C=O) groups is 1. The number of carbonyl (C=O) groups excluding carboxylic acids is 1. The predicted molar refractivity (Wildman–Crippen MR) is 43.3 cm³/mol. The first-order valence-electron chi connectivity index (χ1n) is 4.57. The predicted octanol–water partition coefficient (Wildman–Crippen LogP) is 0.917. The van der Waals surface area contributed by atoms with Crippen molar-refractivity contribution in [1.82, 2.24) is 4.90 Å². The smallest absolute Gasteiger partial charge is 0.141 e. The summed E-state index contributed by atoms with van der Waals surface area (Å²) in [5, 5.41) is 0. The Hall–Kier alpha value is -0.370. The number of hydrogen-bond donors (Lipinski definition) is 0. The van der Waals surface area contributed by atoms with Gasteiger partial charge in [0.1, 0.15) is 5.78 Å². The van der Waals surface area contributed by atoms with Gasteiger partial charge in [0.2, 0.25) is 0 Å². The van der Waals surface area contributed by atoms with Crippen molar-refractivity contribution in [1.29, 1.82) is 0 Å². The Labute approximate surface area is 67.6 Å². The fourth-order valence-corrected chi connectivity index (χ4v) is 2.34. The van der Waals surface area contributed by atoms with E-state index in [0.29, 0.717) is 17.6 Å². The molecule has 2 unspecified atom stereocenters. The maximum absolute atomic E-state index is 11.4. The Morgan fingerprint density at radius 2 is 1.91 bits per heavy atom. The summed E-state index contributed by atoms with van der Waals surface area (Å²) in [5.74, 6) is 1.34. The highest BCUT2D eigenvalue weighted by atomic mass is 16.1. The van der Waals surface area contributed by atoms with Crippen molar-refractivity contribution >= 4 is 5.78 Å². The van der Waals surface area contributed by atoms with E-state index >= 15 is 0 Å². The van der Waals surface area contributed by atoms with Gasteiger partial charge in [-0.05, 0) is 19.4 Å². The Balaban J connectivity index is 2.08. The minimum atomic E-state index is 0.397. The molecule has 2 fully saturated rings. The Morgan fingerprint density at radius 3 is 2.36 bits per heavy atom. The van der Waals surface area contributed by atoms with Crippen molar-refractivity contribution in [3.63, 3.8) is 0 Å². The van der Waals surface area contributed by atoms with E-state index < -0.39 is 0 Å². The lowest BCUT2D eigenvalue weighted by Crippen LogP contribution is -2.41. The van der Waals surface area contributed by atoms with Gasteiger partial charge in [-0.25, -0.2) is 0 Å². The molecule has 2 aliphatic rings. The van der Waals surface area contributed by atoms with E-state index in [-0.39, 0.29) is 0 Å². The molecule has 0 radical (unpaired) electrons. The number of fused-ring (bicyclic) bond motifs is 2. The molecule has 1 saturated carbocycles. The van der Waals surface area contributed by atoms with E-state index in [4.69, 9.17) is 0 Å². The maximum atomic E-state index is 11.4. The van der Waals surface area contributed by atoms with Crippen molar-refractivity contribution in [2.75, 3.05) is 19.6 Å². The molecule has 1 aliphatic heterocycles. The number of likely N-dealkylation sites (tertiary alicyclic amines) is 1. The van der Waals surface area contributed by atoms with Crippen LogP contribution in [0, 0.1) is 11.8 Å². The molecule has 2 heteroatoms. The summed E-state index contributed by atoms with van der Waals surface area (Å²) >= 11 is 0. The zero-order chi connectivity index (χ0) is 7.84. The molecule has 0 aromatic heterocycles. The van der Waals surface area contributed by atoms with Gasteiger partial charge in [-0.15, -0.1) is 0 Å². The molecule has 0 aromatic carbocycles. The highest BCUT2D eigenvalue weighted by molar-refractivity contribution is 5.86. The van der Waals surface area contributed by atoms with Crippen LogP contribution in [-0.4, -0.2) is 30.3 Å². The van der Waals surface area contributed by atoms with Gasteiger partial charge in [0.15, 0.2) is 0 Å². The average Bonchev–Trinajstić information content (AvgIpc) is 2.26. The van der Waals surface area contributed by atoms with Gasteiger partial charge < -0.3 is 4.90 Å². The second-order valence-electron chi connectivity index (χ2n) is 3.73. The normalized spacial score (nSPS) is 38.1. The van der Waals surface area contributed by atoms with Crippen LogP contribution in [0.2, 0.25) is 0 Å². The molecule has 2 bridgehead atoms. The monoisotopic (exact) mass is 153 g/mol. The topological polar surface area (TPSA) is 20.3 Å². The van der Waals surface area contributed by atoms with Crippen LogP contribution in [-0.2, 0) is 4.79 Å². The first-order valence-corrected chi connectivity index (χ1v) is 4.57. The van der Waals surface area contributed by atoms with Gasteiger partial charge >= 0.3 is 0 Å². The minimum Gasteiger partial charge on any atom is -0.302 e. The van der Waals surface area contributed by atoms with Gasteiger partial charge in [-0.1, -0.05) is 6.92 Å². The molecule has 2 nitrogen and oxygen atoms in total. The maximum Gasteiger partial charge on any atom is 0.141 e. The highest BCUT2D eigenvalue weighted by Crippen LogP contribution is 2.32.